The van der Waals surface area contributed by atoms with E-state index in [2.05, 4.69) is 20.8 Å². The first-order valence-electron chi connectivity index (χ1n) is 8.46. The van der Waals surface area contributed by atoms with Crippen LogP contribution in [-0.2, 0) is 11.2 Å². The lowest BCUT2D eigenvalue weighted by molar-refractivity contribution is -0.124. The van der Waals surface area contributed by atoms with Crippen LogP contribution in [0.4, 0.5) is 0 Å². The van der Waals surface area contributed by atoms with Crippen LogP contribution in [0.2, 0.25) is 0 Å². The third kappa shape index (κ3) is 4.89. The first-order valence-corrected chi connectivity index (χ1v) is 8.46. The Bertz CT molecular complexity index is 821. The van der Waals surface area contributed by atoms with Crippen LogP contribution in [-0.4, -0.2) is 39.3 Å². The molecule has 0 spiro atoms. The van der Waals surface area contributed by atoms with Crippen LogP contribution in [0.15, 0.2) is 60.9 Å². The molecule has 0 bridgehead atoms. The highest BCUT2D eigenvalue weighted by Crippen LogP contribution is 2.14. The molecule has 7 nitrogen and oxygen atoms in total. The second-order valence-corrected chi connectivity index (χ2v) is 5.95. The molecule has 134 valence electrons. The van der Waals surface area contributed by atoms with Crippen LogP contribution in [0, 0.1) is 6.92 Å². The normalized spacial score (nSPS) is 11.7. The first-order chi connectivity index (χ1) is 12.7. The number of nitrogens with one attached hydrogen (secondary N) is 1. The first kappa shape index (κ1) is 17.6. The van der Waals surface area contributed by atoms with Crippen LogP contribution in [0.25, 0.3) is 0 Å². The summed E-state index contributed by atoms with van der Waals surface area (Å²) in [4.78, 5) is 12.6. The molecule has 1 amide bonds. The molecule has 0 saturated carbocycles. The van der Waals surface area contributed by atoms with E-state index in [1.165, 1.54) is 11.0 Å². The van der Waals surface area contributed by atoms with Crippen molar-refractivity contribution in [1.29, 1.82) is 0 Å². The second kappa shape index (κ2) is 8.75. The molecule has 26 heavy (non-hydrogen) atoms. The fraction of sp³-hybridized carbons (Fsp3) is 0.263. The third-order valence-corrected chi connectivity index (χ3v) is 3.92. The zero-order chi connectivity index (χ0) is 18.2. The van der Waals surface area contributed by atoms with Crippen LogP contribution in [0.3, 0.4) is 0 Å². The van der Waals surface area contributed by atoms with E-state index in [-0.39, 0.29) is 5.91 Å². The number of benzene rings is 2. The quantitative estimate of drug-likeness (QED) is 0.628. The predicted molar refractivity (Wildman–Crippen MR) is 96.7 cm³/mol. The zero-order valence-electron chi connectivity index (χ0n) is 14.6. The van der Waals surface area contributed by atoms with Crippen molar-refractivity contribution in [2.45, 2.75) is 19.4 Å². The molecule has 0 aliphatic rings. The van der Waals surface area contributed by atoms with E-state index < -0.39 is 6.04 Å². The van der Waals surface area contributed by atoms with E-state index in [0.717, 1.165) is 16.9 Å². The van der Waals surface area contributed by atoms with Gasteiger partial charge in [0.05, 0.1) is 6.54 Å². The van der Waals surface area contributed by atoms with E-state index in [1.807, 2.05) is 61.5 Å². The van der Waals surface area contributed by atoms with E-state index in [0.29, 0.717) is 19.6 Å². The van der Waals surface area contributed by atoms with E-state index in [4.69, 9.17) is 4.74 Å². The molecule has 0 radical (unpaired) electrons. The average molecular weight is 351 g/mol. The molecule has 1 N–H and O–H groups in total. The summed E-state index contributed by atoms with van der Waals surface area (Å²) in [5.41, 5.74) is 2.17. The fourth-order valence-corrected chi connectivity index (χ4v) is 2.62. The number of amides is 1. The van der Waals surface area contributed by atoms with Gasteiger partial charge in [-0.2, -0.15) is 0 Å². The highest BCUT2D eigenvalue weighted by atomic mass is 16.5. The minimum atomic E-state index is -0.508. The number of carbonyl (C=O) groups excluding carboxylic acids is 1. The maximum absolute atomic E-state index is 12.6. The van der Waals surface area contributed by atoms with Crippen molar-refractivity contribution in [2.75, 3.05) is 13.2 Å². The molecule has 0 saturated heterocycles. The highest BCUT2D eigenvalue weighted by molar-refractivity contribution is 5.80. The summed E-state index contributed by atoms with van der Waals surface area (Å²) >= 11 is 0. The van der Waals surface area contributed by atoms with Gasteiger partial charge < -0.3 is 10.1 Å². The van der Waals surface area contributed by atoms with Gasteiger partial charge in [0.15, 0.2) is 0 Å². The summed E-state index contributed by atoms with van der Waals surface area (Å²) in [7, 11) is 0. The number of aryl methyl sites for hydroxylation is 1. The van der Waals surface area contributed by atoms with Gasteiger partial charge in [0.25, 0.3) is 0 Å². The molecular weight excluding hydrogens is 330 g/mol. The fourth-order valence-electron chi connectivity index (χ4n) is 2.62. The van der Waals surface area contributed by atoms with Gasteiger partial charge in [0.2, 0.25) is 5.91 Å². The Morgan fingerprint density at radius 3 is 2.77 bits per heavy atom. The number of hydrogen-bond donors (Lipinski definition) is 1. The lowest BCUT2D eigenvalue weighted by Gasteiger charge is -2.16. The molecule has 1 aromatic heterocycles. The zero-order valence-corrected chi connectivity index (χ0v) is 14.6. The number of hydrogen-bond acceptors (Lipinski definition) is 5. The third-order valence-electron chi connectivity index (χ3n) is 3.92. The van der Waals surface area contributed by atoms with Crippen LogP contribution in [0.5, 0.6) is 5.75 Å². The summed E-state index contributed by atoms with van der Waals surface area (Å²) in [5.74, 6) is 0.648. The molecule has 0 aliphatic carbocycles. The number of nitrogens with zero attached hydrogens (tertiary/aromatic N) is 4. The highest BCUT2D eigenvalue weighted by Gasteiger charge is 2.21. The van der Waals surface area contributed by atoms with Gasteiger partial charge >= 0.3 is 0 Å². The van der Waals surface area contributed by atoms with E-state index in [9.17, 15) is 4.79 Å². The Hall–Kier alpha value is -3.22. The van der Waals surface area contributed by atoms with Crippen molar-refractivity contribution in [1.82, 2.24) is 25.5 Å². The van der Waals surface area contributed by atoms with Gasteiger partial charge in [-0.15, -0.1) is 5.10 Å². The van der Waals surface area contributed by atoms with E-state index in [1.54, 1.807) is 0 Å². The molecule has 1 unspecified atom stereocenters. The molecule has 0 fully saturated rings. The minimum Gasteiger partial charge on any atom is -0.492 e. The Morgan fingerprint density at radius 1 is 1.19 bits per heavy atom. The molecule has 1 heterocycles. The van der Waals surface area contributed by atoms with Crippen molar-refractivity contribution in [3.05, 3.63) is 72.1 Å². The van der Waals surface area contributed by atoms with Gasteiger partial charge in [0.1, 0.15) is 24.7 Å². The van der Waals surface area contributed by atoms with Gasteiger partial charge in [-0.05, 0) is 40.6 Å². The Balaban J connectivity index is 1.55. The van der Waals surface area contributed by atoms with Crippen LogP contribution >= 0.6 is 0 Å². The van der Waals surface area contributed by atoms with Crippen molar-refractivity contribution < 1.29 is 9.53 Å². The van der Waals surface area contributed by atoms with Crippen molar-refractivity contribution in [2.24, 2.45) is 0 Å². The summed E-state index contributed by atoms with van der Waals surface area (Å²) in [6.07, 6.45) is 1.97. The van der Waals surface area contributed by atoms with Gasteiger partial charge in [-0.25, -0.2) is 4.68 Å². The molecule has 2 aromatic carbocycles. The summed E-state index contributed by atoms with van der Waals surface area (Å²) < 4.78 is 7.14. The second-order valence-electron chi connectivity index (χ2n) is 5.95. The van der Waals surface area contributed by atoms with Crippen LogP contribution in [0.1, 0.15) is 17.2 Å². The number of carbonyl (C=O) groups is 1. The van der Waals surface area contributed by atoms with Gasteiger partial charge in [-0.1, -0.05) is 42.5 Å². The summed E-state index contributed by atoms with van der Waals surface area (Å²) in [5, 5.41) is 14.1. The lowest BCUT2D eigenvalue weighted by atomic mass is 10.1. The summed E-state index contributed by atoms with van der Waals surface area (Å²) in [6, 6.07) is 17.1. The minimum absolute atomic E-state index is 0.144. The largest absolute Gasteiger partial charge is 0.492 e. The SMILES string of the molecule is Cc1cccc(OCCNC(=O)C(Cc2ccccc2)n2cnnn2)c1. The summed E-state index contributed by atoms with van der Waals surface area (Å²) in [6.45, 7) is 2.80. The molecule has 0 aliphatic heterocycles. The van der Waals surface area contributed by atoms with E-state index >= 15 is 0 Å². The topological polar surface area (TPSA) is 81.9 Å². The Kier molecular flexibility index (Phi) is 5.92. The molecule has 3 aromatic rings. The van der Waals surface area contributed by atoms with Crippen LogP contribution < -0.4 is 10.1 Å². The van der Waals surface area contributed by atoms with Gasteiger partial charge in [-0.3, -0.25) is 4.79 Å². The smallest absolute Gasteiger partial charge is 0.245 e. The average Bonchev–Trinajstić information content (AvgIpc) is 3.18. The number of tetrazole rings is 1. The maximum atomic E-state index is 12.6. The maximum Gasteiger partial charge on any atom is 0.245 e. The Morgan fingerprint density at radius 2 is 2.04 bits per heavy atom. The number of rotatable bonds is 8. The number of aromatic nitrogens is 4. The van der Waals surface area contributed by atoms with Gasteiger partial charge in [0, 0.05) is 6.42 Å². The predicted octanol–water partition coefficient (Wildman–Crippen LogP) is 1.96. The Labute approximate surface area is 152 Å². The molecule has 3 rings (SSSR count). The monoisotopic (exact) mass is 351 g/mol. The standard InChI is InChI=1S/C19H21N5O2/c1-15-6-5-9-17(12-15)26-11-10-20-19(25)18(24-14-21-22-23-24)13-16-7-3-2-4-8-16/h2-9,12,14,18H,10-11,13H2,1H3,(H,20,25). The molecule has 1 atom stereocenters. The van der Waals surface area contributed by atoms with Crippen molar-refractivity contribution >= 4 is 5.91 Å². The lowest BCUT2D eigenvalue weighted by Crippen LogP contribution is -2.36. The van der Waals surface area contributed by atoms with Crippen molar-refractivity contribution in [3.8, 4) is 5.75 Å². The number of ether oxygens (including phenoxy) is 1. The molecular formula is C19H21N5O2. The molecule has 7 heteroatoms. The van der Waals surface area contributed by atoms with Crippen molar-refractivity contribution in [3.63, 3.8) is 0 Å².